The van der Waals surface area contributed by atoms with Crippen molar-refractivity contribution in [3.63, 3.8) is 0 Å². The molecular formula is C15H21N3O. The average Bonchev–Trinajstić information content (AvgIpc) is 2.92. The maximum absolute atomic E-state index is 5.66. The smallest absolute Gasteiger partial charge is 0.247 e. The molecule has 0 atom stereocenters. The van der Waals surface area contributed by atoms with Gasteiger partial charge >= 0.3 is 0 Å². The molecule has 1 aromatic heterocycles. The predicted molar refractivity (Wildman–Crippen MR) is 76.0 cm³/mol. The van der Waals surface area contributed by atoms with Gasteiger partial charge in [-0.25, -0.2) is 0 Å². The quantitative estimate of drug-likeness (QED) is 0.777. The zero-order chi connectivity index (χ0) is 13.5. The van der Waals surface area contributed by atoms with E-state index in [4.69, 9.17) is 4.42 Å². The maximum Gasteiger partial charge on any atom is 0.247 e. The van der Waals surface area contributed by atoms with Gasteiger partial charge in [-0.1, -0.05) is 26.0 Å². The summed E-state index contributed by atoms with van der Waals surface area (Å²) >= 11 is 0. The number of hydrogen-bond donors (Lipinski definition) is 1. The van der Waals surface area contributed by atoms with Gasteiger partial charge in [0.25, 0.3) is 0 Å². The Morgan fingerprint density at radius 1 is 1.05 bits per heavy atom. The summed E-state index contributed by atoms with van der Waals surface area (Å²) in [4.78, 5) is 0. The fourth-order valence-electron chi connectivity index (χ4n) is 1.85. The number of aryl methyl sites for hydroxylation is 1. The van der Waals surface area contributed by atoms with Crippen LogP contribution in [0.15, 0.2) is 28.7 Å². The van der Waals surface area contributed by atoms with Crippen LogP contribution in [0.5, 0.6) is 0 Å². The maximum atomic E-state index is 5.66. The molecule has 0 aliphatic carbocycles. The van der Waals surface area contributed by atoms with Crippen LogP contribution in [0.2, 0.25) is 0 Å². The Bertz CT molecular complexity index is 490. The second-order valence-corrected chi connectivity index (χ2v) is 4.55. The lowest BCUT2D eigenvalue weighted by Crippen LogP contribution is -2.17. The molecule has 1 heterocycles. The van der Waals surface area contributed by atoms with E-state index < -0.39 is 0 Å². The van der Waals surface area contributed by atoms with Crippen molar-refractivity contribution in [1.82, 2.24) is 15.5 Å². The van der Waals surface area contributed by atoms with Crippen LogP contribution < -0.4 is 5.32 Å². The Morgan fingerprint density at radius 3 is 2.53 bits per heavy atom. The first-order valence-electron chi connectivity index (χ1n) is 6.96. The molecule has 1 N–H and O–H groups in total. The number of benzene rings is 1. The molecule has 0 amide bonds. The first-order valence-corrected chi connectivity index (χ1v) is 6.96. The van der Waals surface area contributed by atoms with Crippen molar-refractivity contribution < 1.29 is 4.42 Å². The average molecular weight is 259 g/mol. The van der Waals surface area contributed by atoms with Gasteiger partial charge in [0.2, 0.25) is 11.8 Å². The molecule has 0 aliphatic rings. The minimum atomic E-state index is 0.605. The fourth-order valence-corrected chi connectivity index (χ4v) is 1.85. The predicted octanol–water partition coefficient (Wildman–Crippen LogP) is 2.84. The molecular weight excluding hydrogens is 238 g/mol. The van der Waals surface area contributed by atoms with E-state index in [0.717, 1.165) is 37.9 Å². The van der Waals surface area contributed by atoms with E-state index >= 15 is 0 Å². The SMILES string of the molecule is CCCNCCc1nnc(-c2ccc(CC)cc2)o1. The largest absolute Gasteiger partial charge is 0.421 e. The lowest BCUT2D eigenvalue weighted by Gasteiger charge is -1.99. The Kier molecular flexibility index (Phi) is 5.10. The van der Waals surface area contributed by atoms with Crippen LogP contribution in [0.4, 0.5) is 0 Å². The van der Waals surface area contributed by atoms with Gasteiger partial charge in [-0.3, -0.25) is 0 Å². The molecule has 0 saturated heterocycles. The van der Waals surface area contributed by atoms with Crippen LogP contribution in [-0.4, -0.2) is 23.3 Å². The summed E-state index contributed by atoms with van der Waals surface area (Å²) < 4.78 is 5.66. The summed E-state index contributed by atoms with van der Waals surface area (Å²) in [5, 5.41) is 11.5. The molecule has 0 bridgehead atoms. The van der Waals surface area contributed by atoms with Crippen LogP contribution in [0, 0.1) is 0 Å². The standard InChI is InChI=1S/C15H21N3O/c1-3-10-16-11-9-14-17-18-15(19-14)13-7-5-12(4-2)6-8-13/h5-8,16H,3-4,9-11H2,1-2H3. The second kappa shape index (κ2) is 7.04. The summed E-state index contributed by atoms with van der Waals surface area (Å²) in [5.74, 6) is 1.30. The van der Waals surface area contributed by atoms with Gasteiger partial charge in [0, 0.05) is 18.5 Å². The Balaban J connectivity index is 1.95. The van der Waals surface area contributed by atoms with Crippen molar-refractivity contribution in [2.45, 2.75) is 33.1 Å². The third-order valence-electron chi connectivity index (χ3n) is 3.02. The monoisotopic (exact) mass is 259 g/mol. The molecule has 0 fully saturated rings. The van der Waals surface area contributed by atoms with Crippen LogP contribution in [0.1, 0.15) is 31.7 Å². The molecule has 102 valence electrons. The van der Waals surface area contributed by atoms with E-state index in [1.54, 1.807) is 0 Å². The van der Waals surface area contributed by atoms with E-state index in [0.29, 0.717) is 11.8 Å². The summed E-state index contributed by atoms with van der Waals surface area (Å²) in [6, 6.07) is 8.26. The van der Waals surface area contributed by atoms with Crippen molar-refractivity contribution in [2.75, 3.05) is 13.1 Å². The minimum Gasteiger partial charge on any atom is -0.421 e. The highest BCUT2D eigenvalue weighted by Gasteiger charge is 2.07. The van der Waals surface area contributed by atoms with Crippen LogP contribution in [0.25, 0.3) is 11.5 Å². The topological polar surface area (TPSA) is 51.0 Å². The zero-order valence-electron chi connectivity index (χ0n) is 11.6. The highest BCUT2D eigenvalue weighted by Crippen LogP contribution is 2.18. The zero-order valence-corrected chi connectivity index (χ0v) is 11.6. The molecule has 1 aromatic carbocycles. The van der Waals surface area contributed by atoms with Gasteiger partial charge < -0.3 is 9.73 Å². The first-order chi connectivity index (χ1) is 9.33. The van der Waals surface area contributed by atoms with Gasteiger partial charge in [-0.2, -0.15) is 0 Å². The molecule has 2 rings (SSSR count). The molecule has 0 spiro atoms. The summed E-state index contributed by atoms with van der Waals surface area (Å²) in [6.07, 6.45) is 2.96. The molecule has 19 heavy (non-hydrogen) atoms. The third kappa shape index (κ3) is 3.89. The van der Waals surface area contributed by atoms with Gasteiger partial charge in [-0.05, 0) is 37.1 Å². The summed E-state index contributed by atoms with van der Waals surface area (Å²) in [5.41, 5.74) is 2.30. The van der Waals surface area contributed by atoms with Crippen molar-refractivity contribution >= 4 is 0 Å². The molecule has 4 nitrogen and oxygen atoms in total. The van der Waals surface area contributed by atoms with Gasteiger partial charge in [0.05, 0.1) is 0 Å². The number of aromatic nitrogens is 2. The van der Waals surface area contributed by atoms with E-state index in [-0.39, 0.29) is 0 Å². The highest BCUT2D eigenvalue weighted by atomic mass is 16.4. The Hall–Kier alpha value is -1.68. The highest BCUT2D eigenvalue weighted by molar-refractivity contribution is 5.52. The molecule has 4 heteroatoms. The van der Waals surface area contributed by atoms with E-state index in [2.05, 4.69) is 41.5 Å². The normalized spacial score (nSPS) is 10.8. The summed E-state index contributed by atoms with van der Waals surface area (Å²) in [7, 11) is 0. The van der Waals surface area contributed by atoms with Crippen molar-refractivity contribution in [3.05, 3.63) is 35.7 Å². The number of nitrogens with one attached hydrogen (secondary N) is 1. The van der Waals surface area contributed by atoms with Crippen molar-refractivity contribution in [1.29, 1.82) is 0 Å². The van der Waals surface area contributed by atoms with E-state index in [1.807, 2.05) is 12.1 Å². The molecule has 0 saturated carbocycles. The summed E-state index contributed by atoms with van der Waals surface area (Å²) in [6.45, 7) is 6.20. The lowest BCUT2D eigenvalue weighted by atomic mass is 10.1. The Labute approximate surface area is 114 Å². The van der Waals surface area contributed by atoms with Crippen molar-refractivity contribution in [2.24, 2.45) is 0 Å². The Morgan fingerprint density at radius 2 is 1.84 bits per heavy atom. The fraction of sp³-hybridized carbons (Fsp3) is 0.467. The molecule has 0 radical (unpaired) electrons. The third-order valence-corrected chi connectivity index (χ3v) is 3.02. The molecule has 0 unspecified atom stereocenters. The molecule has 0 aliphatic heterocycles. The van der Waals surface area contributed by atoms with Crippen LogP contribution >= 0.6 is 0 Å². The number of nitrogens with zero attached hydrogens (tertiary/aromatic N) is 2. The van der Waals surface area contributed by atoms with Gasteiger partial charge in [-0.15, -0.1) is 10.2 Å². The lowest BCUT2D eigenvalue weighted by molar-refractivity contribution is 0.494. The van der Waals surface area contributed by atoms with Crippen LogP contribution in [-0.2, 0) is 12.8 Å². The van der Waals surface area contributed by atoms with Crippen LogP contribution in [0.3, 0.4) is 0 Å². The molecule has 2 aromatic rings. The number of hydrogen-bond acceptors (Lipinski definition) is 4. The second-order valence-electron chi connectivity index (χ2n) is 4.55. The first kappa shape index (κ1) is 13.7. The minimum absolute atomic E-state index is 0.605. The number of rotatable bonds is 7. The van der Waals surface area contributed by atoms with Gasteiger partial charge in [0.1, 0.15) is 0 Å². The van der Waals surface area contributed by atoms with E-state index in [1.165, 1.54) is 5.56 Å². The van der Waals surface area contributed by atoms with Gasteiger partial charge in [0.15, 0.2) is 0 Å². The van der Waals surface area contributed by atoms with Crippen molar-refractivity contribution in [3.8, 4) is 11.5 Å². The van der Waals surface area contributed by atoms with E-state index in [9.17, 15) is 0 Å².